The van der Waals surface area contributed by atoms with E-state index in [1.54, 1.807) is 29.2 Å². The first-order valence-electron chi connectivity index (χ1n) is 9.71. The van der Waals surface area contributed by atoms with Crippen LogP contribution in [0.25, 0.3) is 17.4 Å². The van der Waals surface area contributed by atoms with Crippen LogP contribution in [0.3, 0.4) is 0 Å². The number of benzene rings is 2. The first-order valence-corrected chi connectivity index (χ1v) is 12.1. The number of thioether (sulfide) groups is 1. The number of hydrogen-bond donors (Lipinski definition) is 0. The molecule has 1 amide bonds. The van der Waals surface area contributed by atoms with Gasteiger partial charge in [-0.15, -0.1) is 10.2 Å². The zero-order chi connectivity index (χ0) is 22.9. The summed E-state index contributed by atoms with van der Waals surface area (Å²) in [6, 6.07) is 18.3. The molecule has 5 rings (SSSR count). The van der Waals surface area contributed by atoms with E-state index in [9.17, 15) is 4.79 Å². The number of aliphatic imine (C=N–C) groups is 1. The molecule has 2 aromatic carbocycles. The Morgan fingerprint density at radius 3 is 2.58 bits per heavy atom. The van der Waals surface area contributed by atoms with Crippen LogP contribution in [-0.4, -0.2) is 21.3 Å². The van der Waals surface area contributed by atoms with E-state index in [4.69, 9.17) is 27.6 Å². The molecule has 4 aromatic rings. The number of carbonyl (C=O) groups excluding carboxylic acids is 1. The summed E-state index contributed by atoms with van der Waals surface area (Å²) >= 11 is 14.7. The monoisotopic (exact) mass is 512 g/mol. The summed E-state index contributed by atoms with van der Waals surface area (Å²) in [6.07, 6.45) is 1.71. The third kappa shape index (κ3) is 4.60. The third-order valence-electron chi connectivity index (χ3n) is 4.63. The van der Waals surface area contributed by atoms with Crippen molar-refractivity contribution < 1.29 is 9.21 Å². The number of halogens is 2. The van der Waals surface area contributed by atoms with E-state index < -0.39 is 0 Å². The van der Waals surface area contributed by atoms with Crippen LogP contribution in [0.5, 0.6) is 0 Å². The van der Waals surface area contributed by atoms with Gasteiger partial charge in [0, 0.05) is 11.6 Å². The van der Waals surface area contributed by atoms with Gasteiger partial charge >= 0.3 is 0 Å². The lowest BCUT2D eigenvalue weighted by atomic mass is 10.2. The van der Waals surface area contributed by atoms with Gasteiger partial charge in [0.05, 0.1) is 20.6 Å². The zero-order valence-corrected chi connectivity index (χ0v) is 20.2. The summed E-state index contributed by atoms with van der Waals surface area (Å²) in [6.45, 7) is 1.86. The molecule has 1 fully saturated rings. The summed E-state index contributed by atoms with van der Waals surface area (Å²) in [5, 5.41) is 10.8. The van der Waals surface area contributed by atoms with Crippen molar-refractivity contribution in [1.29, 1.82) is 0 Å². The number of amides is 1. The summed E-state index contributed by atoms with van der Waals surface area (Å²) in [7, 11) is 0. The fourth-order valence-electron chi connectivity index (χ4n) is 3.13. The van der Waals surface area contributed by atoms with Crippen LogP contribution in [0.1, 0.15) is 10.8 Å². The Kier molecular flexibility index (Phi) is 6.07. The predicted molar refractivity (Wildman–Crippen MR) is 135 cm³/mol. The molecule has 0 saturated carbocycles. The highest BCUT2D eigenvalue weighted by Crippen LogP contribution is 2.38. The molecule has 3 heterocycles. The average Bonchev–Trinajstić information content (AvgIpc) is 3.51. The first kappa shape index (κ1) is 21.9. The molecule has 0 atom stereocenters. The van der Waals surface area contributed by atoms with Crippen LogP contribution < -0.4 is 4.90 Å². The van der Waals surface area contributed by atoms with Crippen LogP contribution >= 0.6 is 46.3 Å². The van der Waals surface area contributed by atoms with Crippen molar-refractivity contribution in [3.8, 4) is 11.3 Å². The Morgan fingerprint density at radius 2 is 1.85 bits per heavy atom. The molecule has 2 aromatic heterocycles. The van der Waals surface area contributed by atoms with E-state index in [0.29, 0.717) is 42.5 Å². The molecule has 0 bridgehead atoms. The Hall–Kier alpha value is -2.91. The lowest BCUT2D eigenvalue weighted by molar-refractivity contribution is -0.113. The van der Waals surface area contributed by atoms with Crippen LogP contribution in [0, 0.1) is 6.92 Å². The molecule has 164 valence electrons. The minimum Gasteiger partial charge on any atom is -0.457 e. The van der Waals surface area contributed by atoms with Gasteiger partial charge in [-0.25, -0.2) is 0 Å². The van der Waals surface area contributed by atoms with Gasteiger partial charge in [0.2, 0.25) is 5.13 Å². The zero-order valence-electron chi connectivity index (χ0n) is 17.0. The number of rotatable bonds is 4. The highest BCUT2D eigenvalue weighted by Gasteiger charge is 2.35. The Morgan fingerprint density at radius 1 is 1.03 bits per heavy atom. The van der Waals surface area contributed by atoms with E-state index in [1.807, 2.05) is 49.4 Å². The minimum atomic E-state index is -0.196. The fourth-order valence-corrected chi connectivity index (χ4v) is 5.01. The molecule has 6 nitrogen and oxygen atoms in total. The summed E-state index contributed by atoms with van der Waals surface area (Å²) < 4.78 is 5.95. The summed E-state index contributed by atoms with van der Waals surface area (Å²) in [5.74, 6) is 0.959. The predicted octanol–water partition coefficient (Wildman–Crippen LogP) is 7.22. The number of hydrogen-bond acceptors (Lipinski definition) is 7. The van der Waals surface area contributed by atoms with Crippen molar-refractivity contribution in [3.05, 3.63) is 86.4 Å². The number of anilines is 1. The smallest absolute Gasteiger partial charge is 0.271 e. The molecular formula is C23H14Cl2N4O2S2. The van der Waals surface area contributed by atoms with E-state index in [2.05, 4.69) is 15.2 Å². The molecule has 10 heteroatoms. The molecule has 33 heavy (non-hydrogen) atoms. The van der Waals surface area contributed by atoms with Crippen molar-refractivity contribution in [2.45, 2.75) is 6.92 Å². The fraction of sp³-hybridized carbons (Fsp3) is 0.0435. The topological polar surface area (TPSA) is 71.6 Å². The second-order valence-corrected chi connectivity index (χ2v) is 9.90. The van der Waals surface area contributed by atoms with Gasteiger partial charge in [0.15, 0.2) is 5.17 Å². The molecule has 0 unspecified atom stereocenters. The molecular weight excluding hydrogens is 499 g/mol. The molecule has 1 aliphatic rings. The van der Waals surface area contributed by atoms with Crippen molar-refractivity contribution in [1.82, 2.24) is 10.2 Å². The number of nitrogens with zero attached hydrogens (tertiary/aromatic N) is 4. The van der Waals surface area contributed by atoms with E-state index in [1.165, 1.54) is 23.1 Å². The van der Waals surface area contributed by atoms with Crippen LogP contribution in [0.4, 0.5) is 10.8 Å². The van der Waals surface area contributed by atoms with Gasteiger partial charge in [-0.2, -0.15) is 4.99 Å². The maximum absolute atomic E-state index is 13.3. The Balaban J connectivity index is 1.49. The quantitative estimate of drug-likeness (QED) is 0.270. The Labute approximate surface area is 207 Å². The summed E-state index contributed by atoms with van der Waals surface area (Å²) in [4.78, 5) is 20.0. The van der Waals surface area contributed by atoms with Crippen LogP contribution in [-0.2, 0) is 4.79 Å². The van der Waals surface area contributed by atoms with Gasteiger partial charge in [-0.3, -0.25) is 9.69 Å². The number of aryl methyl sites for hydroxylation is 1. The average molecular weight is 513 g/mol. The van der Waals surface area contributed by atoms with E-state index in [0.717, 1.165) is 10.6 Å². The number of carbonyl (C=O) groups is 1. The molecule has 0 aliphatic carbocycles. The molecule has 0 spiro atoms. The van der Waals surface area contributed by atoms with Crippen molar-refractivity contribution in [3.63, 3.8) is 0 Å². The molecule has 1 aliphatic heterocycles. The van der Waals surface area contributed by atoms with Crippen molar-refractivity contribution in [2.24, 2.45) is 4.99 Å². The first-order chi connectivity index (χ1) is 16.0. The SMILES string of the molecule is Cc1nnc(/N=C2/S/C(=C/c3ccc(-c4ccc(Cl)c(Cl)c4)o3)C(=O)N2c2ccccc2)s1. The van der Waals surface area contributed by atoms with E-state index in [-0.39, 0.29) is 5.91 Å². The number of aromatic nitrogens is 2. The number of amidine groups is 1. The lowest BCUT2D eigenvalue weighted by Gasteiger charge is -2.14. The highest BCUT2D eigenvalue weighted by molar-refractivity contribution is 8.19. The van der Waals surface area contributed by atoms with Crippen molar-refractivity contribution in [2.75, 3.05) is 4.90 Å². The molecule has 1 saturated heterocycles. The maximum Gasteiger partial charge on any atom is 0.271 e. The third-order valence-corrected chi connectivity index (χ3v) is 7.07. The van der Waals surface area contributed by atoms with E-state index >= 15 is 0 Å². The number of para-hydroxylation sites is 1. The van der Waals surface area contributed by atoms with Crippen molar-refractivity contribution >= 4 is 74.3 Å². The van der Waals surface area contributed by atoms with Gasteiger partial charge in [0.1, 0.15) is 16.5 Å². The second-order valence-electron chi connectivity index (χ2n) is 6.92. The van der Waals surface area contributed by atoms with Gasteiger partial charge in [-0.1, -0.05) is 52.7 Å². The van der Waals surface area contributed by atoms with Crippen LogP contribution in [0.2, 0.25) is 10.0 Å². The highest BCUT2D eigenvalue weighted by atomic mass is 35.5. The second kappa shape index (κ2) is 9.15. The van der Waals surface area contributed by atoms with Crippen LogP contribution in [0.15, 0.2) is 75.0 Å². The van der Waals surface area contributed by atoms with Gasteiger partial charge in [-0.05, 0) is 61.2 Å². The largest absolute Gasteiger partial charge is 0.457 e. The summed E-state index contributed by atoms with van der Waals surface area (Å²) in [5.41, 5.74) is 1.51. The normalized spacial score (nSPS) is 16.3. The maximum atomic E-state index is 13.3. The lowest BCUT2D eigenvalue weighted by Crippen LogP contribution is -2.28. The molecule has 0 N–H and O–H groups in total. The van der Waals surface area contributed by atoms with Gasteiger partial charge < -0.3 is 4.42 Å². The standard InChI is InChI=1S/C23H14Cl2N4O2S2/c1-13-27-28-22(32-13)26-23-29(15-5-3-2-4-6-15)21(30)20(33-23)12-16-8-10-19(31-16)14-7-9-17(24)18(25)11-14/h2-12H,1H3/b20-12+,26-23+. The minimum absolute atomic E-state index is 0.196. The van der Waals surface area contributed by atoms with Gasteiger partial charge in [0.25, 0.3) is 5.91 Å². The molecule has 0 radical (unpaired) electrons. The Bertz CT molecular complexity index is 1410. The number of furan rings is 1.